The van der Waals surface area contributed by atoms with Crippen molar-refractivity contribution in [2.24, 2.45) is 0 Å². The van der Waals surface area contributed by atoms with Crippen LogP contribution in [0, 0.1) is 20.8 Å². The summed E-state index contributed by atoms with van der Waals surface area (Å²) in [6.45, 7) is 5.69. The first-order valence-electron chi connectivity index (χ1n) is 6.34. The van der Waals surface area contributed by atoms with Crippen molar-refractivity contribution in [1.82, 2.24) is 9.97 Å². The Morgan fingerprint density at radius 2 is 2.05 bits per heavy atom. The van der Waals surface area contributed by atoms with E-state index in [0.717, 1.165) is 22.5 Å². The number of benzene rings is 1. The number of hydrogen-bond donors (Lipinski definition) is 1. The SMILES string of the molecule is Cc1ccc(NC(=O)COc2nccc(C)n2)c(C)c1. The van der Waals surface area contributed by atoms with E-state index >= 15 is 0 Å². The lowest BCUT2D eigenvalue weighted by atomic mass is 10.1. The summed E-state index contributed by atoms with van der Waals surface area (Å²) in [6.07, 6.45) is 1.60. The minimum atomic E-state index is -0.234. The number of carbonyl (C=O) groups excluding carboxylic acids is 1. The minimum absolute atomic E-state index is 0.114. The Hall–Kier alpha value is -2.43. The van der Waals surface area contributed by atoms with Crippen molar-refractivity contribution in [2.45, 2.75) is 20.8 Å². The number of hydrogen-bond acceptors (Lipinski definition) is 4. The fourth-order valence-electron chi connectivity index (χ4n) is 1.77. The van der Waals surface area contributed by atoms with Gasteiger partial charge < -0.3 is 10.1 Å². The highest BCUT2D eigenvalue weighted by Gasteiger charge is 2.07. The Morgan fingerprint density at radius 3 is 2.75 bits per heavy atom. The number of nitrogens with one attached hydrogen (secondary N) is 1. The number of rotatable bonds is 4. The lowest BCUT2D eigenvalue weighted by Crippen LogP contribution is -2.21. The molecule has 2 aromatic rings. The van der Waals surface area contributed by atoms with Gasteiger partial charge in [0.1, 0.15) is 0 Å². The molecule has 0 fully saturated rings. The molecule has 0 aliphatic carbocycles. The second kappa shape index (κ2) is 6.14. The van der Waals surface area contributed by atoms with E-state index in [1.54, 1.807) is 12.3 Å². The molecule has 1 aromatic carbocycles. The van der Waals surface area contributed by atoms with Crippen molar-refractivity contribution >= 4 is 11.6 Å². The van der Waals surface area contributed by atoms with Crippen LogP contribution in [0.3, 0.4) is 0 Å². The fraction of sp³-hybridized carbons (Fsp3) is 0.267. The van der Waals surface area contributed by atoms with Crippen LogP contribution >= 0.6 is 0 Å². The van der Waals surface area contributed by atoms with Crippen molar-refractivity contribution in [1.29, 1.82) is 0 Å². The number of aromatic nitrogens is 2. The average molecular weight is 271 g/mol. The van der Waals surface area contributed by atoms with E-state index in [0.29, 0.717) is 0 Å². The molecule has 5 heteroatoms. The van der Waals surface area contributed by atoms with Gasteiger partial charge >= 0.3 is 6.01 Å². The lowest BCUT2D eigenvalue weighted by Gasteiger charge is -2.09. The molecule has 0 saturated heterocycles. The molecule has 0 bridgehead atoms. The third kappa shape index (κ3) is 3.78. The highest BCUT2D eigenvalue weighted by atomic mass is 16.5. The molecule has 104 valence electrons. The molecule has 20 heavy (non-hydrogen) atoms. The fourth-order valence-corrected chi connectivity index (χ4v) is 1.77. The van der Waals surface area contributed by atoms with Gasteiger partial charge in [0.25, 0.3) is 5.91 Å². The quantitative estimate of drug-likeness (QED) is 0.927. The molecule has 2 rings (SSSR count). The van der Waals surface area contributed by atoms with Crippen molar-refractivity contribution in [3.63, 3.8) is 0 Å². The predicted molar refractivity (Wildman–Crippen MR) is 76.8 cm³/mol. The van der Waals surface area contributed by atoms with E-state index in [1.165, 1.54) is 0 Å². The highest BCUT2D eigenvalue weighted by molar-refractivity contribution is 5.92. The maximum atomic E-state index is 11.8. The molecular formula is C15H17N3O2. The standard InChI is InChI=1S/C15H17N3O2/c1-10-4-5-13(11(2)8-10)18-14(19)9-20-15-16-7-6-12(3)17-15/h4-8H,9H2,1-3H3,(H,18,19). The van der Waals surface area contributed by atoms with Crippen LogP contribution in [0.2, 0.25) is 0 Å². The Labute approximate surface area is 118 Å². The van der Waals surface area contributed by atoms with Crippen molar-refractivity contribution < 1.29 is 9.53 Å². The number of carbonyl (C=O) groups is 1. The number of amides is 1. The normalized spacial score (nSPS) is 10.2. The first-order valence-corrected chi connectivity index (χ1v) is 6.34. The first-order chi connectivity index (χ1) is 9.54. The van der Waals surface area contributed by atoms with E-state index in [2.05, 4.69) is 15.3 Å². The zero-order valence-electron chi connectivity index (χ0n) is 11.8. The van der Waals surface area contributed by atoms with E-state index in [1.807, 2.05) is 39.0 Å². The zero-order valence-corrected chi connectivity index (χ0v) is 11.8. The number of ether oxygens (including phenoxy) is 1. The summed E-state index contributed by atoms with van der Waals surface area (Å²) in [5.41, 5.74) is 3.76. The predicted octanol–water partition coefficient (Wildman–Crippen LogP) is 2.42. The smallest absolute Gasteiger partial charge is 0.317 e. The summed E-state index contributed by atoms with van der Waals surface area (Å²) in [5.74, 6) is -0.234. The van der Waals surface area contributed by atoms with Crippen LogP contribution in [-0.4, -0.2) is 22.5 Å². The van der Waals surface area contributed by atoms with Crippen LogP contribution in [0.1, 0.15) is 16.8 Å². The average Bonchev–Trinajstić information content (AvgIpc) is 2.40. The van der Waals surface area contributed by atoms with E-state index in [4.69, 9.17) is 4.74 Å². The van der Waals surface area contributed by atoms with Crippen LogP contribution in [0.25, 0.3) is 0 Å². The van der Waals surface area contributed by atoms with Crippen molar-refractivity contribution in [3.05, 3.63) is 47.3 Å². The summed E-state index contributed by atoms with van der Waals surface area (Å²) in [7, 11) is 0. The highest BCUT2D eigenvalue weighted by Crippen LogP contribution is 2.15. The largest absolute Gasteiger partial charge is 0.453 e. The molecule has 1 N–H and O–H groups in total. The summed E-state index contributed by atoms with van der Waals surface area (Å²) in [6, 6.07) is 7.82. The van der Waals surface area contributed by atoms with Crippen LogP contribution in [0.15, 0.2) is 30.5 Å². The molecule has 1 aromatic heterocycles. The van der Waals surface area contributed by atoms with Crippen LogP contribution < -0.4 is 10.1 Å². The molecule has 0 aliphatic rings. The lowest BCUT2D eigenvalue weighted by molar-refractivity contribution is -0.118. The Balaban J connectivity index is 1.92. The van der Waals surface area contributed by atoms with Gasteiger partial charge in [0.2, 0.25) is 0 Å². The molecule has 1 amide bonds. The molecule has 5 nitrogen and oxygen atoms in total. The monoisotopic (exact) mass is 271 g/mol. The topological polar surface area (TPSA) is 64.1 Å². The summed E-state index contributed by atoms with van der Waals surface area (Å²) < 4.78 is 5.25. The van der Waals surface area contributed by atoms with Crippen LogP contribution in [0.4, 0.5) is 5.69 Å². The molecule has 0 aliphatic heterocycles. The van der Waals surface area contributed by atoms with Gasteiger partial charge in [-0.05, 0) is 38.5 Å². The Bertz CT molecular complexity index is 626. The van der Waals surface area contributed by atoms with Gasteiger partial charge in [-0.1, -0.05) is 17.7 Å². The second-order valence-electron chi connectivity index (χ2n) is 4.64. The number of nitrogens with zero attached hydrogens (tertiary/aromatic N) is 2. The third-order valence-corrected chi connectivity index (χ3v) is 2.76. The second-order valence-corrected chi connectivity index (χ2v) is 4.64. The maximum Gasteiger partial charge on any atom is 0.317 e. The van der Waals surface area contributed by atoms with Gasteiger partial charge in [-0.2, -0.15) is 0 Å². The van der Waals surface area contributed by atoms with Gasteiger partial charge in [-0.15, -0.1) is 0 Å². The van der Waals surface area contributed by atoms with E-state index in [-0.39, 0.29) is 18.5 Å². The van der Waals surface area contributed by atoms with Crippen molar-refractivity contribution in [2.75, 3.05) is 11.9 Å². The van der Waals surface area contributed by atoms with Crippen LogP contribution in [-0.2, 0) is 4.79 Å². The molecule has 0 atom stereocenters. The Kier molecular flexibility index (Phi) is 4.30. The van der Waals surface area contributed by atoms with Gasteiger partial charge in [-0.3, -0.25) is 4.79 Å². The molecule has 0 saturated carbocycles. The number of aryl methyl sites for hydroxylation is 3. The number of anilines is 1. The molecular weight excluding hydrogens is 254 g/mol. The molecule has 1 heterocycles. The van der Waals surface area contributed by atoms with Crippen LogP contribution in [0.5, 0.6) is 6.01 Å². The third-order valence-electron chi connectivity index (χ3n) is 2.76. The Morgan fingerprint density at radius 1 is 1.25 bits per heavy atom. The van der Waals surface area contributed by atoms with Gasteiger partial charge in [0.05, 0.1) is 0 Å². The molecule has 0 spiro atoms. The van der Waals surface area contributed by atoms with Crippen molar-refractivity contribution in [3.8, 4) is 6.01 Å². The summed E-state index contributed by atoms with van der Waals surface area (Å²) in [5, 5.41) is 2.80. The van der Waals surface area contributed by atoms with Gasteiger partial charge in [0, 0.05) is 17.6 Å². The molecule has 0 radical (unpaired) electrons. The summed E-state index contributed by atoms with van der Waals surface area (Å²) in [4.78, 5) is 19.8. The summed E-state index contributed by atoms with van der Waals surface area (Å²) >= 11 is 0. The van der Waals surface area contributed by atoms with E-state index in [9.17, 15) is 4.79 Å². The maximum absolute atomic E-state index is 11.8. The van der Waals surface area contributed by atoms with E-state index < -0.39 is 0 Å². The first kappa shape index (κ1) is 14.0. The zero-order chi connectivity index (χ0) is 14.5. The molecule has 0 unspecified atom stereocenters. The van der Waals surface area contributed by atoms with Gasteiger partial charge in [0.15, 0.2) is 6.61 Å². The minimum Gasteiger partial charge on any atom is -0.453 e. The van der Waals surface area contributed by atoms with Gasteiger partial charge in [-0.25, -0.2) is 9.97 Å².